The molecule has 0 aliphatic heterocycles. The summed E-state index contributed by atoms with van der Waals surface area (Å²) in [5, 5.41) is 0.372. The number of hydrogen-bond acceptors (Lipinski definition) is 2. The quantitative estimate of drug-likeness (QED) is 0.539. The van der Waals surface area contributed by atoms with Crippen molar-refractivity contribution in [3.05, 3.63) is 76.4 Å². The highest BCUT2D eigenvalue weighted by Crippen LogP contribution is 2.48. The maximum atomic E-state index is 7.18. The molecule has 0 radical (unpaired) electrons. The Balaban J connectivity index is 1.98. The van der Waals surface area contributed by atoms with Gasteiger partial charge in [0, 0.05) is 11.0 Å². The first-order valence-electron chi connectivity index (χ1n) is 7.68. The minimum absolute atomic E-state index is 0.223. The second-order valence-corrected chi connectivity index (χ2v) is 6.75. The molecule has 1 aromatic heterocycles. The Kier molecular flexibility index (Phi) is 3.19. The molecule has 4 heteroatoms. The number of halogens is 1. The second kappa shape index (κ2) is 5.15. The summed E-state index contributed by atoms with van der Waals surface area (Å²) in [5.74, 6) is 0. The summed E-state index contributed by atoms with van der Waals surface area (Å²) in [5.41, 5.74) is 5.86. The predicted octanol–water partition coefficient (Wildman–Crippen LogP) is 5.65. The van der Waals surface area contributed by atoms with Crippen LogP contribution in [0.1, 0.15) is 25.1 Å². The summed E-state index contributed by atoms with van der Waals surface area (Å²) in [4.78, 5) is 13.0. The Labute approximate surface area is 145 Å². The van der Waals surface area contributed by atoms with Gasteiger partial charge in [-0.1, -0.05) is 67.9 Å². The molecule has 0 atom stereocenters. The topological polar surface area (TPSA) is 30.1 Å². The van der Waals surface area contributed by atoms with Crippen LogP contribution in [0.5, 0.6) is 0 Å². The molecule has 0 bridgehead atoms. The van der Waals surface area contributed by atoms with Crippen LogP contribution in [0, 0.1) is 6.57 Å². The largest absolute Gasteiger partial charge is 0.243 e. The Hall–Kier alpha value is -2.70. The summed E-state index contributed by atoms with van der Waals surface area (Å²) in [6, 6.07) is 15.5. The molecule has 0 amide bonds. The molecular weight excluding hydrogens is 318 g/mol. The van der Waals surface area contributed by atoms with E-state index < -0.39 is 0 Å². The lowest BCUT2D eigenvalue weighted by Crippen LogP contribution is -2.17. The van der Waals surface area contributed by atoms with E-state index in [-0.39, 0.29) is 5.41 Å². The molecule has 3 nitrogen and oxygen atoms in total. The van der Waals surface area contributed by atoms with Gasteiger partial charge in [-0.2, -0.15) is 0 Å². The lowest BCUT2D eigenvalue weighted by molar-refractivity contribution is 0.635. The minimum atomic E-state index is -0.223. The number of hydrogen-bond donors (Lipinski definition) is 0. The normalized spacial score (nSPS) is 13.9. The van der Waals surface area contributed by atoms with Crippen LogP contribution in [-0.2, 0) is 5.41 Å². The van der Waals surface area contributed by atoms with E-state index in [4.69, 9.17) is 23.2 Å². The van der Waals surface area contributed by atoms with E-state index in [1.54, 1.807) is 12.1 Å². The molecule has 0 saturated carbocycles. The molecule has 1 heterocycles. The highest BCUT2D eigenvalue weighted by Gasteiger charge is 2.38. The summed E-state index contributed by atoms with van der Waals surface area (Å²) in [7, 11) is 0. The Bertz CT molecular complexity index is 1020. The lowest BCUT2D eigenvalue weighted by Gasteiger charge is -2.20. The third-order valence-corrected chi connectivity index (χ3v) is 4.81. The van der Waals surface area contributed by atoms with Crippen LogP contribution in [0.4, 0.5) is 5.69 Å². The fourth-order valence-corrected chi connectivity index (χ4v) is 3.54. The van der Waals surface area contributed by atoms with Gasteiger partial charge >= 0.3 is 0 Å². The van der Waals surface area contributed by atoms with Gasteiger partial charge in [-0.05, 0) is 17.2 Å². The minimum Gasteiger partial charge on any atom is -0.243 e. The van der Waals surface area contributed by atoms with Crippen LogP contribution >= 0.6 is 11.6 Å². The van der Waals surface area contributed by atoms with Crippen molar-refractivity contribution in [1.29, 1.82) is 0 Å². The summed E-state index contributed by atoms with van der Waals surface area (Å²) >= 11 is 6.46. The summed E-state index contributed by atoms with van der Waals surface area (Å²) in [6.45, 7) is 11.5. The molecule has 24 heavy (non-hydrogen) atoms. The summed E-state index contributed by atoms with van der Waals surface area (Å²) < 4.78 is 0. The van der Waals surface area contributed by atoms with Crippen molar-refractivity contribution in [3.8, 4) is 22.5 Å². The first kappa shape index (κ1) is 14.9. The number of benzene rings is 2. The van der Waals surface area contributed by atoms with Crippen LogP contribution in [-0.4, -0.2) is 9.97 Å². The zero-order valence-corrected chi connectivity index (χ0v) is 14.1. The van der Waals surface area contributed by atoms with Gasteiger partial charge in [0.25, 0.3) is 0 Å². The number of nitrogens with zero attached hydrogens (tertiary/aromatic N) is 3. The van der Waals surface area contributed by atoms with E-state index in [9.17, 15) is 0 Å². The molecule has 1 aliphatic carbocycles. The first-order chi connectivity index (χ1) is 11.5. The SMILES string of the molecule is [C-]#[N+]c1cccc(-c2nc3c(nc2Cl)C(C)(C)c2ccccc2-3)c1. The van der Waals surface area contributed by atoms with Crippen molar-refractivity contribution in [3.63, 3.8) is 0 Å². The van der Waals surface area contributed by atoms with Crippen molar-refractivity contribution in [2.24, 2.45) is 0 Å². The Morgan fingerprint density at radius 1 is 1.00 bits per heavy atom. The van der Waals surface area contributed by atoms with Gasteiger partial charge in [0.05, 0.1) is 18.0 Å². The average Bonchev–Trinajstić information content (AvgIpc) is 2.82. The van der Waals surface area contributed by atoms with Crippen molar-refractivity contribution >= 4 is 17.3 Å². The fourth-order valence-electron chi connectivity index (χ4n) is 3.31. The monoisotopic (exact) mass is 331 g/mol. The first-order valence-corrected chi connectivity index (χ1v) is 8.06. The molecule has 0 unspecified atom stereocenters. The zero-order chi connectivity index (χ0) is 16.9. The van der Waals surface area contributed by atoms with Gasteiger partial charge in [-0.25, -0.2) is 14.8 Å². The summed E-state index contributed by atoms with van der Waals surface area (Å²) in [6.07, 6.45) is 0. The number of rotatable bonds is 1. The highest BCUT2D eigenvalue weighted by molar-refractivity contribution is 6.32. The smallest absolute Gasteiger partial charge is 0.187 e. The predicted molar refractivity (Wildman–Crippen MR) is 96.3 cm³/mol. The molecule has 1 aliphatic rings. The molecule has 0 saturated heterocycles. The van der Waals surface area contributed by atoms with Gasteiger partial charge in [-0.15, -0.1) is 0 Å². The van der Waals surface area contributed by atoms with E-state index in [0.29, 0.717) is 16.5 Å². The van der Waals surface area contributed by atoms with E-state index in [0.717, 1.165) is 22.5 Å². The highest BCUT2D eigenvalue weighted by atomic mass is 35.5. The Morgan fingerprint density at radius 2 is 1.79 bits per heavy atom. The van der Waals surface area contributed by atoms with Crippen molar-refractivity contribution in [2.75, 3.05) is 0 Å². The van der Waals surface area contributed by atoms with Gasteiger partial charge in [0.15, 0.2) is 10.8 Å². The van der Waals surface area contributed by atoms with Gasteiger partial charge < -0.3 is 0 Å². The molecule has 0 N–H and O–H groups in total. The fraction of sp³-hybridized carbons (Fsp3) is 0.150. The molecule has 0 fully saturated rings. The van der Waals surface area contributed by atoms with E-state index in [1.807, 2.05) is 24.3 Å². The van der Waals surface area contributed by atoms with Crippen molar-refractivity contribution in [1.82, 2.24) is 9.97 Å². The maximum Gasteiger partial charge on any atom is 0.187 e. The van der Waals surface area contributed by atoms with Crippen LogP contribution in [0.2, 0.25) is 5.15 Å². The molecular formula is C20H14ClN3. The van der Waals surface area contributed by atoms with Crippen LogP contribution in [0.15, 0.2) is 48.5 Å². The zero-order valence-electron chi connectivity index (χ0n) is 13.3. The third kappa shape index (κ3) is 2.04. The van der Waals surface area contributed by atoms with E-state index >= 15 is 0 Å². The number of aromatic nitrogens is 2. The van der Waals surface area contributed by atoms with Gasteiger partial charge in [0.1, 0.15) is 5.69 Å². The molecule has 3 aromatic rings. The molecule has 4 rings (SSSR count). The van der Waals surface area contributed by atoms with Crippen LogP contribution in [0.25, 0.3) is 27.4 Å². The molecule has 0 spiro atoms. The van der Waals surface area contributed by atoms with Crippen molar-refractivity contribution < 1.29 is 0 Å². The van der Waals surface area contributed by atoms with E-state index in [2.05, 4.69) is 35.8 Å². The molecule has 116 valence electrons. The third-order valence-electron chi connectivity index (χ3n) is 4.55. The van der Waals surface area contributed by atoms with Crippen LogP contribution < -0.4 is 0 Å². The number of fused-ring (bicyclic) bond motifs is 3. The Morgan fingerprint density at radius 3 is 2.58 bits per heavy atom. The van der Waals surface area contributed by atoms with E-state index in [1.165, 1.54) is 5.56 Å². The van der Waals surface area contributed by atoms with Crippen LogP contribution in [0.3, 0.4) is 0 Å². The van der Waals surface area contributed by atoms with Gasteiger partial charge in [-0.3, -0.25) is 0 Å². The standard InChI is InChI=1S/C20H14ClN3/c1-20(2)15-10-5-4-9-14(15)17-18(20)24-19(21)16(23-17)12-7-6-8-13(11-12)22-3/h4-11H,1-2H3. The van der Waals surface area contributed by atoms with Gasteiger partial charge in [0.2, 0.25) is 0 Å². The maximum absolute atomic E-state index is 7.18. The van der Waals surface area contributed by atoms with Crippen molar-refractivity contribution in [2.45, 2.75) is 19.3 Å². The lowest BCUT2D eigenvalue weighted by atomic mass is 9.85. The second-order valence-electron chi connectivity index (χ2n) is 6.39. The average molecular weight is 332 g/mol. The molecule has 2 aromatic carbocycles.